The maximum Gasteiger partial charge on any atom is 0.0862 e. The first kappa shape index (κ1) is 10.1. The van der Waals surface area contributed by atoms with Crippen LogP contribution in [0.1, 0.15) is 11.3 Å². The molecule has 0 saturated carbocycles. The number of hydrogen-bond acceptors (Lipinski definition) is 2. The second kappa shape index (κ2) is 3.64. The minimum atomic E-state index is 0.00949. The van der Waals surface area contributed by atoms with E-state index >= 15 is 0 Å². The number of aliphatic hydroxyl groups is 1. The maximum atomic E-state index is 9.21. The lowest BCUT2D eigenvalue weighted by Crippen LogP contribution is -1.88. The second-order valence-electron chi connectivity index (χ2n) is 3.02. The third kappa shape index (κ3) is 1.49. The number of aliphatic hydroxyl groups excluding tert-OH is 1. The third-order valence-corrected chi connectivity index (χ3v) is 3.14. The average molecular weight is 320 g/mol. The summed E-state index contributed by atoms with van der Waals surface area (Å²) >= 11 is 6.84. The zero-order valence-electron chi connectivity index (χ0n) is 7.46. The lowest BCUT2D eigenvalue weighted by Gasteiger charge is -1.99. The number of fused-ring (bicyclic) bond motifs is 1. The van der Waals surface area contributed by atoms with Crippen LogP contribution in [0.5, 0.6) is 0 Å². The Hall–Kier alpha value is -0.390. The van der Waals surface area contributed by atoms with E-state index in [1.54, 1.807) is 4.52 Å². The molecule has 2 aromatic rings. The topological polar surface area (TPSA) is 37.5 Å². The Morgan fingerprint density at radius 2 is 2.21 bits per heavy atom. The highest BCUT2D eigenvalue weighted by Gasteiger charge is 2.11. The van der Waals surface area contributed by atoms with Crippen LogP contribution in [0.15, 0.2) is 21.2 Å². The summed E-state index contributed by atoms with van der Waals surface area (Å²) in [4.78, 5) is 0. The molecule has 0 fully saturated rings. The highest BCUT2D eigenvalue weighted by Crippen LogP contribution is 2.27. The summed E-state index contributed by atoms with van der Waals surface area (Å²) in [5.74, 6) is 0. The second-order valence-corrected chi connectivity index (χ2v) is 4.79. The zero-order chi connectivity index (χ0) is 10.3. The number of aromatic nitrogens is 2. The Labute approximate surface area is 98.0 Å². The summed E-state index contributed by atoms with van der Waals surface area (Å²) in [6.07, 6.45) is 1.87. The van der Waals surface area contributed by atoms with Crippen LogP contribution >= 0.6 is 31.9 Å². The Kier molecular flexibility index (Phi) is 2.64. The first-order chi connectivity index (χ1) is 6.63. The van der Waals surface area contributed by atoms with Gasteiger partial charge in [-0.1, -0.05) is 0 Å². The van der Waals surface area contributed by atoms with Gasteiger partial charge in [-0.3, -0.25) is 0 Å². The Morgan fingerprint density at radius 3 is 2.86 bits per heavy atom. The van der Waals surface area contributed by atoms with Crippen molar-refractivity contribution in [3.63, 3.8) is 0 Å². The number of pyridine rings is 1. The summed E-state index contributed by atoms with van der Waals surface area (Å²) in [6, 6.07) is 1.94. The molecule has 0 spiro atoms. The summed E-state index contributed by atoms with van der Waals surface area (Å²) < 4.78 is 3.63. The van der Waals surface area contributed by atoms with E-state index in [9.17, 15) is 5.11 Å². The van der Waals surface area contributed by atoms with Crippen molar-refractivity contribution >= 4 is 37.4 Å². The fourth-order valence-electron chi connectivity index (χ4n) is 1.46. The van der Waals surface area contributed by atoms with Crippen molar-refractivity contribution in [2.24, 2.45) is 0 Å². The smallest absolute Gasteiger partial charge is 0.0862 e. The van der Waals surface area contributed by atoms with Crippen LogP contribution in [0.3, 0.4) is 0 Å². The van der Waals surface area contributed by atoms with E-state index in [1.165, 1.54) is 0 Å². The van der Waals surface area contributed by atoms with Gasteiger partial charge in [-0.25, -0.2) is 4.52 Å². The van der Waals surface area contributed by atoms with Gasteiger partial charge in [-0.2, -0.15) is 5.10 Å². The van der Waals surface area contributed by atoms with Crippen molar-refractivity contribution in [1.82, 2.24) is 9.61 Å². The monoisotopic (exact) mass is 318 g/mol. The lowest BCUT2D eigenvalue weighted by molar-refractivity contribution is 0.282. The molecule has 2 aromatic heterocycles. The Morgan fingerprint density at radius 1 is 1.50 bits per heavy atom. The van der Waals surface area contributed by atoms with Gasteiger partial charge in [0.25, 0.3) is 0 Å². The molecule has 0 radical (unpaired) electrons. The fourth-order valence-corrected chi connectivity index (χ4v) is 2.86. The molecule has 14 heavy (non-hydrogen) atoms. The number of hydrogen-bond donors (Lipinski definition) is 1. The van der Waals surface area contributed by atoms with Crippen LogP contribution in [0.4, 0.5) is 0 Å². The summed E-state index contributed by atoms with van der Waals surface area (Å²) in [5.41, 5.74) is 2.64. The molecule has 0 atom stereocenters. The molecule has 2 heterocycles. The van der Waals surface area contributed by atoms with Crippen molar-refractivity contribution < 1.29 is 5.11 Å². The zero-order valence-corrected chi connectivity index (χ0v) is 10.6. The molecule has 0 bridgehead atoms. The third-order valence-electron chi connectivity index (χ3n) is 2.10. The van der Waals surface area contributed by atoms with E-state index in [2.05, 4.69) is 37.0 Å². The molecular weight excluding hydrogens is 312 g/mol. The van der Waals surface area contributed by atoms with Gasteiger partial charge in [-0.15, -0.1) is 0 Å². The number of halogens is 2. The van der Waals surface area contributed by atoms with Gasteiger partial charge in [0.15, 0.2) is 0 Å². The van der Waals surface area contributed by atoms with Gasteiger partial charge in [0.1, 0.15) is 0 Å². The molecule has 0 saturated heterocycles. The van der Waals surface area contributed by atoms with Gasteiger partial charge in [0, 0.05) is 20.7 Å². The van der Waals surface area contributed by atoms with Crippen LogP contribution in [-0.2, 0) is 6.61 Å². The summed E-state index contributed by atoms with van der Waals surface area (Å²) in [6.45, 7) is 1.90. The van der Waals surface area contributed by atoms with Gasteiger partial charge in [0.2, 0.25) is 0 Å². The lowest BCUT2D eigenvalue weighted by atomic mass is 10.2. The number of rotatable bonds is 1. The van der Waals surface area contributed by atoms with Crippen molar-refractivity contribution in [3.05, 3.63) is 32.5 Å². The summed E-state index contributed by atoms with van der Waals surface area (Å²) in [5, 5.41) is 13.5. The molecule has 5 heteroatoms. The van der Waals surface area contributed by atoms with Gasteiger partial charge >= 0.3 is 0 Å². The standard InChI is InChI=1S/C9H8Br2N2O/c1-5-7(4-14)9-8(11)2-6(10)3-13(9)12-5/h2-3,14H,4H2,1H3. The van der Waals surface area contributed by atoms with Crippen LogP contribution < -0.4 is 0 Å². The first-order valence-corrected chi connectivity index (χ1v) is 5.66. The van der Waals surface area contributed by atoms with Crippen molar-refractivity contribution in [1.29, 1.82) is 0 Å². The van der Waals surface area contributed by atoms with E-state index < -0.39 is 0 Å². The molecule has 3 nitrogen and oxygen atoms in total. The highest BCUT2D eigenvalue weighted by atomic mass is 79.9. The van der Waals surface area contributed by atoms with Gasteiger partial charge in [0.05, 0.1) is 17.8 Å². The molecule has 2 rings (SSSR count). The quantitative estimate of drug-likeness (QED) is 0.877. The van der Waals surface area contributed by atoms with Crippen molar-refractivity contribution in [2.75, 3.05) is 0 Å². The molecule has 0 aromatic carbocycles. The van der Waals surface area contributed by atoms with Crippen LogP contribution in [0.2, 0.25) is 0 Å². The Bertz CT molecular complexity index is 493. The normalized spacial score (nSPS) is 11.1. The van der Waals surface area contributed by atoms with E-state index in [4.69, 9.17) is 0 Å². The Balaban J connectivity index is 2.88. The molecule has 0 unspecified atom stereocenters. The highest BCUT2D eigenvalue weighted by molar-refractivity contribution is 9.11. The van der Waals surface area contributed by atoms with Crippen molar-refractivity contribution in [2.45, 2.75) is 13.5 Å². The predicted molar refractivity (Wildman–Crippen MR) is 61.3 cm³/mol. The molecular formula is C9H8Br2N2O. The van der Waals surface area contributed by atoms with Crippen LogP contribution in [0, 0.1) is 6.92 Å². The van der Waals surface area contributed by atoms with E-state index in [0.29, 0.717) is 0 Å². The summed E-state index contributed by atoms with van der Waals surface area (Å²) in [7, 11) is 0. The van der Waals surface area contributed by atoms with Crippen molar-refractivity contribution in [3.8, 4) is 0 Å². The minimum Gasteiger partial charge on any atom is -0.392 e. The maximum absolute atomic E-state index is 9.21. The molecule has 1 N–H and O–H groups in total. The predicted octanol–water partition coefficient (Wildman–Crippen LogP) is 2.66. The largest absolute Gasteiger partial charge is 0.392 e. The molecule has 0 amide bonds. The first-order valence-electron chi connectivity index (χ1n) is 4.07. The SMILES string of the molecule is Cc1nn2cc(Br)cc(Br)c2c1CO. The molecule has 74 valence electrons. The number of aryl methyl sites for hydroxylation is 1. The van der Waals surface area contributed by atoms with Crippen LogP contribution in [-0.4, -0.2) is 14.7 Å². The van der Waals surface area contributed by atoms with E-state index in [-0.39, 0.29) is 6.61 Å². The molecule has 0 aliphatic carbocycles. The van der Waals surface area contributed by atoms with Gasteiger partial charge in [-0.05, 0) is 44.8 Å². The van der Waals surface area contributed by atoms with E-state index in [1.807, 2.05) is 19.2 Å². The molecule has 0 aliphatic rings. The van der Waals surface area contributed by atoms with E-state index in [0.717, 1.165) is 25.7 Å². The average Bonchev–Trinajstić information content (AvgIpc) is 2.40. The van der Waals surface area contributed by atoms with Crippen LogP contribution in [0.25, 0.3) is 5.52 Å². The minimum absolute atomic E-state index is 0.00949. The number of nitrogens with zero attached hydrogens (tertiary/aromatic N) is 2. The molecule has 0 aliphatic heterocycles. The van der Waals surface area contributed by atoms with Gasteiger partial charge < -0.3 is 5.11 Å². The fraction of sp³-hybridized carbons (Fsp3) is 0.222.